The number of hydrogen-bond acceptors (Lipinski definition) is 3. The summed E-state index contributed by atoms with van der Waals surface area (Å²) < 4.78 is 5.74. The first-order chi connectivity index (χ1) is 7.25. The monoisotopic (exact) mass is 226 g/mol. The van der Waals surface area contributed by atoms with E-state index >= 15 is 0 Å². The van der Waals surface area contributed by atoms with Crippen molar-refractivity contribution in [1.82, 2.24) is 4.98 Å². The molecule has 0 aliphatic heterocycles. The fourth-order valence-electron chi connectivity index (χ4n) is 1.82. The van der Waals surface area contributed by atoms with E-state index in [1.54, 1.807) is 18.3 Å². The van der Waals surface area contributed by atoms with Gasteiger partial charge in [0.25, 0.3) is 0 Å². The number of nitrogens with two attached hydrogens (primary N) is 1. The van der Waals surface area contributed by atoms with Gasteiger partial charge in [-0.1, -0.05) is 11.6 Å². The first-order valence-corrected chi connectivity index (χ1v) is 5.66. The molecule has 0 bridgehead atoms. The zero-order valence-corrected chi connectivity index (χ0v) is 9.28. The molecular formula is C11H15ClN2O. The fourth-order valence-corrected chi connectivity index (χ4v) is 1.99. The Hall–Kier alpha value is -0.800. The molecule has 0 spiro atoms. The Bertz CT molecular complexity index is 324. The van der Waals surface area contributed by atoms with Gasteiger partial charge >= 0.3 is 0 Å². The summed E-state index contributed by atoms with van der Waals surface area (Å²) in [5.41, 5.74) is 5.82. The van der Waals surface area contributed by atoms with E-state index in [1.807, 2.05) is 0 Å². The first kappa shape index (κ1) is 10.7. The van der Waals surface area contributed by atoms with Crippen LogP contribution in [0.5, 0.6) is 5.88 Å². The second-order valence-corrected chi connectivity index (χ2v) is 4.35. The van der Waals surface area contributed by atoms with Gasteiger partial charge in [0.05, 0.1) is 0 Å². The minimum atomic E-state index is 0.220. The minimum Gasteiger partial charge on any atom is -0.473 e. The van der Waals surface area contributed by atoms with Crippen molar-refractivity contribution in [3.63, 3.8) is 0 Å². The number of ether oxygens (including phenoxy) is 1. The van der Waals surface area contributed by atoms with Crippen LogP contribution in [-0.4, -0.2) is 17.1 Å². The molecule has 15 heavy (non-hydrogen) atoms. The molecule has 0 atom stereocenters. The average Bonchev–Trinajstić information content (AvgIpc) is 2.25. The predicted octanol–water partition coefficient (Wildman–Crippen LogP) is 2.38. The molecule has 1 aliphatic rings. The third-order valence-electron chi connectivity index (χ3n) is 2.72. The summed E-state index contributed by atoms with van der Waals surface area (Å²) >= 11 is 5.96. The summed E-state index contributed by atoms with van der Waals surface area (Å²) in [4.78, 5) is 4.11. The molecule has 0 amide bonds. The molecule has 1 fully saturated rings. The van der Waals surface area contributed by atoms with Crippen molar-refractivity contribution in [2.75, 3.05) is 0 Å². The van der Waals surface area contributed by atoms with Crippen LogP contribution in [0.2, 0.25) is 5.02 Å². The van der Waals surface area contributed by atoms with E-state index in [4.69, 9.17) is 22.1 Å². The summed E-state index contributed by atoms with van der Waals surface area (Å²) in [6.07, 6.45) is 5.94. The zero-order valence-electron chi connectivity index (χ0n) is 8.53. The lowest BCUT2D eigenvalue weighted by Crippen LogP contribution is -2.31. The van der Waals surface area contributed by atoms with Crippen molar-refractivity contribution in [2.45, 2.75) is 37.8 Å². The van der Waals surface area contributed by atoms with E-state index < -0.39 is 0 Å². The Balaban J connectivity index is 1.95. The Morgan fingerprint density at radius 3 is 2.73 bits per heavy atom. The van der Waals surface area contributed by atoms with Gasteiger partial charge in [-0.3, -0.25) is 0 Å². The number of aromatic nitrogens is 1. The van der Waals surface area contributed by atoms with Crippen LogP contribution in [0.3, 0.4) is 0 Å². The van der Waals surface area contributed by atoms with Crippen molar-refractivity contribution in [2.24, 2.45) is 5.73 Å². The van der Waals surface area contributed by atoms with Gasteiger partial charge in [-0.2, -0.15) is 0 Å². The molecule has 1 aliphatic carbocycles. The molecule has 2 N–H and O–H groups in total. The Kier molecular flexibility index (Phi) is 3.44. The van der Waals surface area contributed by atoms with Gasteiger partial charge in [0.2, 0.25) is 5.88 Å². The number of pyridine rings is 1. The Morgan fingerprint density at radius 1 is 1.33 bits per heavy atom. The number of rotatable bonds is 2. The topological polar surface area (TPSA) is 48.1 Å². The lowest BCUT2D eigenvalue weighted by Gasteiger charge is -2.26. The van der Waals surface area contributed by atoms with Crippen LogP contribution in [-0.2, 0) is 0 Å². The lowest BCUT2D eigenvalue weighted by molar-refractivity contribution is 0.141. The van der Waals surface area contributed by atoms with Gasteiger partial charge in [-0.25, -0.2) is 4.98 Å². The van der Waals surface area contributed by atoms with Crippen molar-refractivity contribution < 1.29 is 4.74 Å². The SMILES string of the molecule is NC1CCC(Oc2ncccc2Cl)CC1. The number of nitrogens with zero attached hydrogens (tertiary/aromatic N) is 1. The molecule has 1 heterocycles. The molecule has 82 valence electrons. The van der Waals surface area contributed by atoms with E-state index in [9.17, 15) is 0 Å². The van der Waals surface area contributed by atoms with Gasteiger partial charge in [-0.15, -0.1) is 0 Å². The zero-order chi connectivity index (χ0) is 10.7. The first-order valence-electron chi connectivity index (χ1n) is 5.28. The van der Waals surface area contributed by atoms with Crippen LogP contribution in [0.25, 0.3) is 0 Å². The van der Waals surface area contributed by atoms with Gasteiger partial charge in [-0.05, 0) is 37.8 Å². The van der Waals surface area contributed by atoms with E-state index in [1.165, 1.54) is 0 Å². The van der Waals surface area contributed by atoms with Gasteiger partial charge in [0.15, 0.2) is 0 Å². The lowest BCUT2D eigenvalue weighted by atomic mass is 9.94. The number of halogens is 1. The van der Waals surface area contributed by atoms with Crippen LogP contribution in [0.4, 0.5) is 0 Å². The van der Waals surface area contributed by atoms with Crippen LogP contribution < -0.4 is 10.5 Å². The van der Waals surface area contributed by atoms with Crippen molar-refractivity contribution in [3.05, 3.63) is 23.4 Å². The maximum Gasteiger partial charge on any atom is 0.232 e. The highest BCUT2D eigenvalue weighted by Gasteiger charge is 2.20. The molecule has 3 nitrogen and oxygen atoms in total. The normalized spacial score (nSPS) is 26.3. The third kappa shape index (κ3) is 2.83. The van der Waals surface area contributed by atoms with Gasteiger partial charge in [0.1, 0.15) is 11.1 Å². The molecule has 0 aromatic carbocycles. The van der Waals surface area contributed by atoms with E-state index in [0.717, 1.165) is 25.7 Å². The highest BCUT2D eigenvalue weighted by Crippen LogP contribution is 2.26. The Labute approximate surface area is 94.6 Å². The molecule has 0 radical (unpaired) electrons. The summed E-state index contributed by atoms with van der Waals surface area (Å²) in [6, 6.07) is 3.92. The van der Waals surface area contributed by atoms with Crippen LogP contribution in [0.1, 0.15) is 25.7 Å². The summed E-state index contributed by atoms with van der Waals surface area (Å²) in [7, 11) is 0. The molecule has 4 heteroatoms. The minimum absolute atomic E-state index is 0.220. The highest BCUT2D eigenvalue weighted by atomic mass is 35.5. The fraction of sp³-hybridized carbons (Fsp3) is 0.545. The molecule has 1 aromatic rings. The summed E-state index contributed by atoms with van der Waals surface area (Å²) in [6.45, 7) is 0. The quantitative estimate of drug-likeness (QED) is 0.843. The van der Waals surface area contributed by atoms with E-state index in [2.05, 4.69) is 4.98 Å². The Morgan fingerprint density at radius 2 is 2.07 bits per heavy atom. The highest BCUT2D eigenvalue weighted by molar-refractivity contribution is 6.31. The summed E-state index contributed by atoms with van der Waals surface area (Å²) in [5, 5.41) is 0.576. The van der Waals surface area contributed by atoms with E-state index in [0.29, 0.717) is 16.9 Å². The van der Waals surface area contributed by atoms with E-state index in [-0.39, 0.29) is 6.10 Å². The molecule has 0 unspecified atom stereocenters. The third-order valence-corrected chi connectivity index (χ3v) is 3.01. The molecule has 0 saturated heterocycles. The maximum absolute atomic E-state index is 5.96. The van der Waals surface area contributed by atoms with Crippen molar-refractivity contribution in [1.29, 1.82) is 0 Å². The maximum atomic E-state index is 5.96. The van der Waals surface area contributed by atoms with Gasteiger partial charge in [0, 0.05) is 12.2 Å². The van der Waals surface area contributed by atoms with Crippen LogP contribution in [0.15, 0.2) is 18.3 Å². The predicted molar refractivity (Wildman–Crippen MR) is 60.1 cm³/mol. The molecule has 1 saturated carbocycles. The smallest absolute Gasteiger partial charge is 0.232 e. The number of hydrogen-bond donors (Lipinski definition) is 1. The summed E-state index contributed by atoms with van der Waals surface area (Å²) in [5.74, 6) is 0.541. The van der Waals surface area contributed by atoms with Gasteiger partial charge < -0.3 is 10.5 Å². The molecule has 2 rings (SSSR count). The average molecular weight is 227 g/mol. The molecule has 1 aromatic heterocycles. The molecular weight excluding hydrogens is 212 g/mol. The van der Waals surface area contributed by atoms with Crippen LogP contribution in [0, 0.1) is 0 Å². The van der Waals surface area contributed by atoms with Crippen molar-refractivity contribution in [3.8, 4) is 5.88 Å². The van der Waals surface area contributed by atoms with Crippen LogP contribution >= 0.6 is 11.6 Å². The van der Waals surface area contributed by atoms with Crippen molar-refractivity contribution >= 4 is 11.6 Å². The second kappa shape index (κ2) is 4.81. The standard InChI is InChI=1S/C11H15ClN2O/c12-10-2-1-7-14-11(10)15-9-5-3-8(13)4-6-9/h1-2,7-9H,3-6,13H2. The largest absolute Gasteiger partial charge is 0.473 e. The second-order valence-electron chi connectivity index (χ2n) is 3.95.